The summed E-state index contributed by atoms with van der Waals surface area (Å²) in [6.07, 6.45) is 6.49. The molecule has 5 rings (SSSR count). The highest BCUT2D eigenvalue weighted by molar-refractivity contribution is 5.37. The van der Waals surface area contributed by atoms with Gasteiger partial charge in [-0.25, -0.2) is 0 Å². The Morgan fingerprint density at radius 3 is 1.03 bits per heavy atom. The molecular weight excluding hydrogens is 398 g/mol. The minimum atomic E-state index is 0.195. The Balaban J connectivity index is 1.72. The molecule has 0 radical (unpaired) electrons. The lowest BCUT2D eigenvalue weighted by molar-refractivity contribution is 0.0882. The van der Waals surface area contributed by atoms with E-state index in [1.807, 2.05) is 0 Å². The van der Waals surface area contributed by atoms with Crippen LogP contribution in [-0.2, 0) is 0 Å². The van der Waals surface area contributed by atoms with E-state index >= 15 is 0 Å². The SMILES string of the molecule is c1ccc(C(c2ccccc2)N(C2CCCCC2)C(c2ccccc2)c2ccccc2)cc1. The average molecular weight is 432 g/mol. The van der Waals surface area contributed by atoms with Crippen LogP contribution in [0.15, 0.2) is 121 Å². The molecule has 1 aliphatic rings. The van der Waals surface area contributed by atoms with Gasteiger partial charge in [-0.2, -0.15) is 0 Å². The quantitative estimate of drug-likeness (QED) is 0.285. The molecule has 0 aliphatic heterocycles. The van der Waals surface area contributed by atoms with Crippen LogP contribution in [0.4, 0.5) is 0 Å². The van der Waals surface area contributed by atoms with Gasteiger partial charge in [0.25, 0.3) is 0 Å². The molecule has 0 unspecified atom stereocenters. The van der Waals surface area contributed by atoms with Crippen LogP contribution in [0.2, 0.25) is 0 Å². The summed E-state index contributed by atoms with van der Waals surface area (Å²) in [7, 11) is 0. The molecule has 0 heterocycles. The van der Waals surface area contributed by atoms with E-state index in [1.54, 1.807) is 0 Å². The van der Waals surface area contributed by atoms with E-state index in [2.05, 4.69) is 126 Å². The van der Waals surface area contributed by atoms with Gasteiger partial charge in [0.15, 0.2) is 0 Å². The van der Waals surface area contributed by atoms with E-state index < -0.39 is 0 Å². The molecule has 1 aliphatic carbocycles. The van der Waals surface area contributed by atoms with Crippen LogP contribution in [-0.4, -0.2) is 10.9 Å². The van der Waals surface area contributed by atoms with Gasteiger partial charge < -0.3 is 0 Å². The molecule has 1 heteroatoms. The zero-order valence-corrected chi connectivity index (χ0v) is 19.3. The smallest absolute Gasteiger partial charge is 0.0612 e. The van der Waals surface area contributed by atoms with Crippen LogP contribution in [0.5, 0.6) is 0 Å². The lowest BCUT2D eigenvalue weighted by Crippen LogP contribution is -2.43. The van der Waals surface area contributed by atoms with Crippen LogP contribution >= 0.6 is 0 Å². The fourth-order valence-corrected chi connectivity index (χ4v) is 5.56. The topological polar surface area (TPSA) is 3.24 Å². The monoisotopic (exact) mass is 431 g/mol. The molecule has 0 aromatic heterocycles. The maximum Gasteiger partial charge on any atom is 0.0612 e. The molecular formula is C32H33N. The Labute approximate surface area is 198 Å². The number of hydrogen-bond donors (Lipinski definition) is 0. The van der Waals surface area contributed by atoms with Crippen molar-refractivity contribution in [1.29, 1.82) is 0 Å². The minimum absolute atomic E-state index is 0.195. The molecule has 33 heavy (non-hydrogen) atoms. The van der Waals surface area contributed by atoms with Crippen LogP contribution in [0.25, 0.3) is 0 Å². The van der Waals surface area contributed by atoms with Gasteiger partial charge in [-0.3, -0.25) is 4.90 Å². The summed E-state index contributed by atoms with van der Waals surface area (Å²) in [6.45, 7) is 0. The molecule has 0 atom stereocenters. The fourth-order valence-electron chi connectivity index (χ4n) is 5.56. The van der Waals surface area contributed by atoms with Crippen LogP contribution in [0.1, 0.15) is 66.4 Å². The lowest BCUT2D eigenvalue weighted by atomic mass is 9.85. The maximum atomic E-state index is 2.84. The van der Waals surface area contributed by atoms with Crippen molar-refractivity contribution in [2.75, 3.05) is 0 Å². The molecule has 0 saturated heterocycles. The molecule has 4 aromatic carbocycles. The van der Waals surface area contributed by atoms with Gasteiger partial charge >= 0.3 is 0 Å². The van der Waals surface area contributed by atoms with Gasteiger partial charge in [0, 0.05) is 6.04 Å². The number of hydrogen-bond acceptors (Lipinski definition) is 1. The minimum Gasteiger partial charge on any atom is -0.278 e. The molecule has 4 aromatic rings. The number of benzene rings is 4. The predicted molar refractivity (Wildman–Crippen MR) is 138 cm³/mol. The van der Waals surface area contributed by atoms with E-state index in [9.17, 15) is 0 Å². The van der Waals surface area contributed by atoms with Gasteiger partial charge in [-0.1, -0.05) is 141 Å². The van der Waals surface area contributed by atoms with Crippen molar-refractivity contribution < 1.29 is 0 Å². The first-order valence-corrected chi connectivity index (χ1v) is 12.4. The first-order valence-electron chi connectivity index (χ1n) is 12.4. The average Bonchev–Trinajstić information content (AvgIpc) is 2.91. The molecule has 1 saturated carbocycles. The van der Waals surface area contributed by atoms with E-state index in [0.717, 1.165) is 0 Å². The van der Waals surface area contributed by atoms with Crippen molar-refractivity contribution in [3.63, 3.8) is 0 Å². The fraction of sp³-hybridized carbons (Fsp3) is 0.250. The van der Waals surface area contributed by atoms with Crippen molar-refractivity contribution in [2.24, 2.45) is 0 Å². The third-order valence-electron chi connectivity index (χ3n) is 7.05. The van der Waals surface area contributed by atoms with Crippen LogP contribution in [0.3, 0.4) is 0 Å². The largest absolute Gasteiger partial charge is 0.278 e. The molecule has 1 nitrogen and oxygen atoms in total. The van der Waals surface area contributed by atoms with Gasteiger partial charge in [0.2, 0.25) is 0 Å². The zero-order chi connectivity index (χ0) is 22.3. The highest BCUT2D eigenvalue weighted by atomic mass is 15.2. The molecule has 1 fully saturated rings. The van der Waals surface area contributed by atoms with Gasteiger partial charge in [-0.05, 0) is 35.1 Å². The summed E-state index contributed by atoms with van der Waals surface area (Å²) in [4.78, 5) is 2.84. The van der Waals surface area contributed by atoms with Gasteiger partial charge in [0.05, 0.1) is 12.1 Å². The van der Waals surface area contributed by atoms with Crippen LogP contribution in [0, 0.1) is 0 Å². The van der Waals surface area contributed by atoms with Crippen molar-refractivity contribution in [3.8, 4) is 0 Å². The maximum absolute atomic E-state index is 2.84. The summed E-state index contributed by atoms with van der Waals surface area (Å²) < 4.78 is 0. The van der Waals surface area contributed by atoms with Gasteiger partial charge in [-0.15, -0.1) is 0 Å². The Morgan fingerprint density at radius 2 is 0.727 bits per heavy atom. The summed E-state index contributed by atoms with van der Waals surface area (Å²) in [5.74, 6) is 0. The zero-order valence-electron chi connectivity index (χ0n) is 19.3. The Bertz CT molecular complexity index is 924. The molecule has 0 N–H and O–H groups in total. The summed E-state index contributed by atoms with van der Waals surface area (Å²) >= 11 is 0. The second-order valence-electron chi connectivity index (χ2n) is 9.19. The van der Waals surface area contributed by atoms with E-state index in [1.165, 1.54) is 54.4 Å². The van der Waals surface area contributed by atoms with Crippen molar-refractivity contribution in [1.82, 2.24) is 4.90 Å². The van der Waals surface area contributed by atoms with Crippen molar-refractivity contribution >= 4 is 0 Å². The van der Waals surface area contributed by atoms with E-state index in [4.69, 9.17) is 0 Å². The standard InChI is InChI=1S/C32H33N/c1-6-16-26(17-7-1)31(27-18-8-2-9-19-27)33(30-24-14-5-15-25-30)32(28-20-10-3-11-21-28)29-22-12-4-13-23-29/h1-4,6-13,16-23,30-32H,5,14-15,24-25H2. The molecule has 0 bridgehead atoms. The van der Waals surface area contributed by atoms with E-state index in [-0.39, 0.29) is 12.1 Å². The Morgan fingerprint density at radius 1 is 0.424 bits per heavy atom. The first-order chi connectivity index (χ1) is 16.4. The Kier molecular flexibility index (Phi) is 6.99. The van der Waals surface area contributed by atoms with E-state index in [0.29, 0.717) is 6.04 Å². The highest BCUT2D eigenvalue weighted by Crippen LogP contribution is 2.43. The van der Waals surface area contributed by atoms with Crippen molar-refractivity contribution in [3.05, 3.63) is 144 Å². The third-order valence-corrected chi connectivity index (χ3v) is 7.05. The summed E-state index contributed by atoms with van der Waals surface area (Å²) in [6, 6.07) is 45.4. The summed E-state index contributed by atoms with van der Waals surface area (Å²) in [5, 5.41) is 0. The highest BCUT2D eigenvalue weighted by Gasteiger charge is 2.36. The number of nitrogens with zero attached hydrogens (tertiary/aromatic N) is 1. The molecule has 0 amide bonds. The van der Waals surface area contributed by atoms with Crippen LogP contribution < -0.4 is 0 Å². The molecule has 0 spiro atoms. The summed E-state index contributed by atoms with van der Waals surface area (Å²) in [5.41, 5.74) is 5.47. The second kappa shape index (κ2) is 10.6. The third kappa shape index (κ3) is 4.94. The lowest BCUT2D eigenvalue weighted by Gasteiger charge is -2.46. The van der Waals surface area contributed by atoms with Gasteiger partial charge in [0.1, 0.15) is 0 Å². The second-order valence-corrected chi connectivity index (χ2v) is 9.19. The molecule has 166 valence electrons. The Hall–Kier alpha value is -3.16. The number of rotatable bonds is 7. The first kappa shape index (κ1) is 21.7. The van der Waals surface area contributed by atoms with Crippen molar-refractivity contribution in [2.45, 2.75) is 50.2 Å². The predicted octanol–water partition coefficient (Wildman–Crippen LogP) is 8.20. The normalized spacial score (nSPS) is 14.8.